The normalized spacial score (nSPS) is 32.1. The van der Waals surface area contributed by atoms with Gasteiger partial charge in [-0.2, -0.15) is 0 Å². The van der Waals surface area contributed by atoms with Crippen LogP contribution in [0.1, 0.15) is 19.3 Å². The average Bonchev–Trinajstić information content (AvgIpc) is 2.47. The fourth-order valence-corrected chi connectivity index (χ4v) is 2.46. The number of amides is 2. The predicted octanol–water partition coefficient (Wildman–Crippen LogP) is 0.400. The van der Waals surface area contributed by atoms with E-state index in [0.29, 0.717) is 6.54 Å². The highest BCUT2D eigenvalue weighted by atomic mass is 35.5. The molecule has 0 aliphatic carbocycles. The Labute approximate surface area is 91.7 Å². The lowest BCUT2D eigenvalue weighted by Gasteiger charge is -2.27. The Bertz CT molecular complexity index is 298. The maximum Gasteiger partial charge on any atom is 0.273 e. The number of rotatable bonds is 1. The number of carbonyl (C=O) groups is 2. The minimum atomic E-state index is -2.00. The van der Waals surface area contributed by atoms with Crippen LogP contribution >= 0.6 is 11.6 Å². The largest absolute Gasteiger partial charge is 0.354 e. The standard InChI is InChI=1S/C9H12ClFN2O2/c10-8(11)9(15)13-5-1-2-6(13)4-12-7(14)3-5/h5-6,8H,1-4H2,(H,12,14). The summed E-state index contributed by atoms with van der Waals surface area (Å²) in [6, 6.07) is -0.270. The lowest BCUT2D eigenvalue weighted by Crippen LogP contribution is -2.45. The van der Waals surface area contributed by atoms with Crippen molar-refractivity contribution in [2.75, 3.05) is 6.54 Å². The summed E-state index contributed by atoms with van der Waals surface area (Å²) >= 11 is 5.15. The number of halogens is 2. The molecule has 4 nitrogen and oxygen atoms in total. The molecule has 2 rings (SSSR count). The molecule has 2 saturated heterocycles. The summed E-state index contributed by atoms with van der Waals surface area (Å²) in [7, 11) is 0. The summed E-state index contributed by atoms with van der Waals surface area (Å²) in [6.07, 6.45) is 1.82. The molecule has 0 spiro atoms. The molecule has 0 aromatic carbocycles. The summed E-state index contributed by atoms with van der Waals surface area (Å²) in [4.78, 5) is 24.2. The van der Waals surface area contributed by atoms with Crippen molar-refractivity contribution in [1.29, 1.82) is 0 Å². The van der Waals surface area contributed by atoms with Crippen molar-refractivity contribution < 1.29 is 14.0 Å². The highest BCUT2D eigenvalue weighted by molar-refractivity contribution is 6.29. The fraction of sp³-hybridized carbons (Fsp3) is 0.778. The summed E-state index contributed by atoms with van der Waals surface area (Å²) in [6.45, 7) is 0.407. The Balaban J connectivity index is 2.17. The van der Waals surface area contributed by atoms with E-state index in [1.165, 1.54) is 4.90 Å². The second-order valence-corrected chi connectivity index (χ2v) is 4.32. The Hall–Kier alpha value is -0.840. The Morgan fingerprint density at radius 3 is 2.87 bits per heavy atom. The molecule has 3 unspecified atom stereocenters. The van der Waals surface area contributed by atoms with Crippen LogP contribution < -0.4 is 5.32 Å². The predicted molar refractivity (Wildman–Crippen MR) is 52.0 cm³/mol. The third-order valence-corrected chi connectivity index (χ3v) is 3.20. The highest BCUT2D eigenvalue weighted by Gasteiger charge is 2.42. The molecule has 2 heterocycles. The molecule has 2 amide bonds. The van der Waals surface area contributed by atoms with Gasteiger partial charge in [0.25, 0.3) is 11.5 Å². The number of hydrogen-bond donors (Lipinski definition) is 1. The topological polar surface area (TPSA) is 49.4 Å². The molecular weight excluding hydrogens is 223 g/mol. The molecular formula is C9H12ClFN2O2. The van der Waals surface area contributed by atoms with Gasteiger partial charge in [0.05, 0.1) is 0 Å². The minimum Gasteiger partial charge on any atom is -0.354 e. The number of fused-ring (bicyclic) bond motifs is 2. The SMILES string of the molecule is O=C1CC2CCC(CN1)N2C(=O)C(F)Cl. The van der Waals surface area contributed by atoms with Crippen molar-refractivity contribution in [3.63, 3.8) is 0 Å². The van der Waals surface area contributed by atoms with Gasteiger partial charge in [-0.15, -0.1) is 0 Å². The van der Waals surface area contributed by atoms with Crippen LogP contribution in [0.3, 0.4) is 0 Å². The van der Waals surface area contributed by atoms with Gasteiger partial charge in [-0.25, -0.2) is 4.39 Å². The quantitative estimate of drug-likeness (QED) is 0.668. The molecule has 0 saturated carbocycles. The zero-order chi connectivity index (χ0) is 11.0. The van der Waals surface area contributed by atoms with Crippen molar-refractivity contribution in [1.82, 2.24) is 10.2 Å². The van der Waals surface area contributed by atoms with E-state index >= 15 is 0 Å². The molecule has 2 aliphatic heterocycles. The summed E-state index contributed by atoms with van der Waals surface area (Å²) in [5.74, 6) is -0.786. The van der Waals surface area contributed by atoms with Gasteiger partial charge in [-0.1, -0.05) is 11.6 Å². The highest BCUT2D eigenvalue weighted by Crippen LogP contribution is 2.29. The van der Waals surface area contributed by atoms with Gasteiger partial charge in [0, 0.05) is 25.0 Å². The van der Waals surface area contributed by atoms with Crippen LogP contribution in [0.5, 0.6) is 0 Å². The van der Waals surface area contributed by atoms with Gasteiger partial charge in [0.2, 0.25) is 5.91 Å². The van der Waals surface area contributed by atoms with Crippen molar-refractivity contribution in [2.24, 2.45) is 0 Å². The second kappa shape index (κ2) is 3.96. The molecule has 2 aliphatic rings. The van der Waals surface area contributed by atoms with Crippen molar-refractivity contribution in [3.05, 3.63) is 0 Å². The van der Waals surface area contributed by atoms with Crippen LogP contribution in [0.2, 0.25) is 0 Å². The van der Waals surface area contributed by atoms with E-state index in [9.17, 15) is 14.0 Å². The fourth-order valence-electron chi connectivity index (χ4n) is 2.35. The molecule has 3 atom stereocenters. The zero-order valence-electron chi connectivity index (χ0n) is 8.08. The van der Waals surface area contributed by atoms with Crippen LogP contribution in [0.25, 0.3) is 0 Å². The molecule has 0 aromatic rings. The van der Waals surface area contributed by atoms with Crippen molar-refractivity contribution in [3.8, 4) is 0 Å². The minimum absolute atomic E-state index is 0.0787. The molecule has 1 N–H and O–H groups in total. The third kappa shape index (κ3) is 1.93. The van der Waals surface area contributed by atoms with E-state index < -0.39 is 11.5 Å². The first kappa shape index (κ1) is 10.7. The van der Waals surface area contributed by atoms with E-state index in [0.717, 1.165) is 12.8 Å². The van der Waals surface area contributed by atoms with Crippen molar-refractivity contribution in [2.45, 2.75) is 37.0 Å². The van der Waals surface area contributed by atoms with Crippen LogP contribution in [-0.2, 0) is 9.59 Å². The van der Waals surface area contributed by atoms with E-state index in [4.69, 9.17) is 11.6 Å². The number of hydrogen-bond acceptors (Lipinski definition) is 2. The molecule has 2 fully saturated rings. The summed E-state index contributed by atoms with van der Waals surface area (Å²) in [5, 5.41) is 2.70. The summed E-state index contributed by atoms with van der Waals surface area (Å²) < 4.78 is 12.8. The first-order valence-electron chi connectivity index (χ1n) is 4.96. The lowest BCUT2D eigenvalue weighted by atomic mass is 10.1. The molecule has 0 radical (unpaired) electrons. The van der Waals surface area contributed by atoms with Gasteiger partial charge in [0.1, 0.15) is 0 Å². The molecule has 6 heteroatoms. The molecule has 84 valence electrons. The monoisotopic (exact) mass is 234 g/mol. The van der Waals surface area contributed by atoms with E-state index in [1.807, 2.05) is 0 Å². The first-order chi connectivity index (χ1) is 7.09. The van der Waals surface area contributed by atoms with E-state index in [-0.39, 0.29) is 24.4 Å². The third-order valence-electron chi connectivity index (χ3n) is 3.02. The average molecular weight is 235 g/mol. The van der Waals surface area contributed by atoms with Crippen LogP contribution in [0.15, 0.2) is 0 Å². The second-order valence-electron chi connectivity index (χ2n) is 3.94. The van der Waals surface area contributed by atoms with Gasteiger partial charge in [-0.05, 0) is 12.8 Å². The van der Waals surface area contributed by atoms with Crippen LogP contribution in [0, 0.1) is 0 Å². The number of alkyl halides is 2. The van der Waals surface area contributed by atoms with Gasteiger partial charge in [-0.3, -0.25) is 9.59 Å². The van der Waals surface area contributed by atoms with E-state index in [2.05, 4.69) is 5.32 Å². The smallest absolute Gasteiger partial charge is 0.273 e. The molecule has 15 heavy (non-hydrogen) atoms. The van der Waals surface area contributed by atoms with Crippen LogP contribution in [0.4, 0.5) is 4.39 Å². The number of nitrogens with one attached hydrogen (secondary N) is 1. The Morgan fingerprint density at radius 1 is 1.53 bits per heavy atom. The maximum atomic E-state index is 12.8. The zero-order valence-corrected chi connectivity index (χ0v) is 8.84. The first-order valence-corrected chi connectivity index (χ1v) is 5.40. The number of carbonyl (C=O) groups excluding carboxylic acids is 2. The Kier molecular flexibility index (Phi) is 2.82. The van der Waals surface area contributed by atoms with Crippen LogP contribution in [-0.4, -0.2) is 41.0 Å². The summed E-state index contributed by atoms with van der Waals surface area (Å²) in [5.41, 5.74) is -2.00. The van der Waals surface area contributed by atoms with Gasteiger partial charge in [0.15, 0.2) is 0 Å². The van der Waals surface area contributed by atoms with E-state index in [1.54, 1.807) is 0 Å². The maximum absolute atomic E-state index is 12.8. The lowest BCUT2D eigenvalue weighted by molar-refractivity contribution is -0.136. The van der Waals surface area contributed by atoms with Crippen molar-refractivity contribution >= 4 is 23.4 Å². The van der Waals surface area contributed by atoms with Gasteiger partial charge >= 0.3 is 0 Å². The molecule has 0 aromatic heterocycles. The molecule has 2 bridgehead atoms. The van der Waals surface area contributed by atoms with Gasteiger partial charge < -0.3 is 10.2 Å². The Morgan fingerprint density at radius 2 is 2.20 bits per heavy atom. The number of nitrogens with zero attached hydrogens (tertiary/aromatic N) is 1.